The molecule has 19 heavy (non-hydrogen) atoms. The van der Waals surface area contributed by atoms with Gasteiger partial charge in [0.15, 0.2) is 0 Å². The molecule has 0 saturated carbocycles. The summed E-state index contributed by atoms with van der Waals surface area (Å²) in [6, 6.07) is 8.20. The van der Waals surface area contributed by atoms with E-state index in [4.69, 9.17) is 10.5 Å². The predicted octanol–water partition coefficient (Wildman–Crippen LogP) is 1.00. The summed E-state index contributed by atoms with van der Waals surface area (Å²) >= 11 is 0. The van der Waals surface area contributed by atoms with E-state index in [-0.39, 0.29) is 11.9 Å². The van der Waals surface area contributed by atoms with Gasteiger partial charge in [0.25, 0.3) is 0 Å². The Bertz CT molecular complexity index is 432. The first-order valence-electron chi connectivity index (χ1n) is 6.16. The van der Waals surface area contributed by atoms with Crippen LogP contribution in [0.2, 0.25) is 0 Å². The zero-order valence-electron chi connectivity index (χ0n) is 11.4. The number of rotatable bonds is 5. The molecular weight excluding hydrogens is 244 g/mol. The molecule has 104 valence electrons. The summed E-state index contributed by atoms with van der Waals surface area (Å²) in [5, 5.41) is 2.78. The second-order valence-electron chi connectivity index (χ2n) is 4.50. The molecule has 0 bridgehead atoms. The number of nitrogens with one attached hydrogen (secondary N) is 1. The first-order valence-corrected chi connectivity index (χ1v) is 6.16. The highest BCUT2D eigenvalue weighted by molar-refractivity contribution is 5.82. The molecule has 5 nitrogen and oxygen atoms in total. The average Bonchev–Trinajstić information content (AvgIpc) is 2.43. The van der Waals surface area contributed by atoms with E-state index in [0.717, 1.165) is 5.56 Å². The molecule has 0 spiro atoms. The predicted molar refractivity (Wildman–Crippen MR) is 72.2 cm³/mol. The van der Waals surface area contributed by atoms with Gasteiger partial charge in [0.2, 0.25) is 5.91 Å². The maximum atomic E-state index is 11.8. The zero-order chi connectivity index (χ0) is 14.4. The number of hydrogen-bond donors (Lipinski definition) is 2. The fourth-order valence-electron chi connectivity index (χ4n) is 1.76. The third-order valence-corrected chi connectivity index (χ3v) is 2.94. The lowest BCUT2D eigenvalue weighted by Crippen LogP contribution is -2.43. The van der Waals surface area contributed by atoms with Gasteiger partial charge in [0, 0.05) is 0 Å². The number of benzene rings is 1. The Morgan fingerprint density at radius 1 is 1.21 bits per heavy atom. The van der Waals surface area contributed by atoms with Gasteiger partial charge in [-0.25, -0.2) is 0 Å². The van der Waals surface area contributed by atoms with Crippen molar-refractivity contribution in [3.05, 3.63) is 35.9 Å². The van der Waals surface area contributed by atoms with Gasteiger partial charge in [-0.1, -0.05) is 30.3 Å². The van der Waals surface area contributed by atoms with Crippen molar-refractivity contribution in [1.82, 2.24) is 5.32 Å². The number of nitrogens with two attached hydrogens (primary N) is 1. The van der Waals surface area contributed by atoms with Crippen LogP contribution in [0.3, 0.4) is 0 Å². The van der Waals surface area contributed by atoms with E-state index in [1.165, 1.54) is 7.11 Å². The highest BCUT2D eigenvalue weighted by atomic mass is 16.5. The van der Waals surface area contributed by atoms with Gasteiger partial charge in [0.1, 0.15) is 0 Å². The molecule has 1 aromatic rings. The average molecular weight is 264 g/mol. The van der Waals surface area contributed by atoms with Crippen LogP contribution in [-0.4, -0.2) is 25.0 Å². The van der Waals surface area contributed by atoms with Gasteiger partial charge < -0.3 is 15.8 Å². The maximum Gasteiger partial charge on any atom is 0.310 e. The Kier molecular flexibility index (Phi) is 5.51. The van der Waals surface area contributed by atoms with Crippen LogP contribution in [0.25, 0.3) is 0 Å². The molecule has 0 aliphatic rings. The molecule has 0 aliphatic carbocycles. The van der Waals surface area contributed by atoms with Crippen molar-refractivity contribution in [3.8, 4) is 0 Å². The molecule has 0 fully saturated rings. The highest BCUT2D eigenvalue weighted by Gasteiger charge is 2.28. The fourth-order valence-corrected chi connectivity index (χ4v) is 1.76. The Labute approximate surface area is 113 Å². The Morgan fingerprint density at radius 3 is 2.26 bits per heavy atom. The van der Waals surface area contributed by atoms with Gasteiger partial charge in [-0.15, -0.1) is 0 Å². The number of carbonyl (C=O) groups is 2. The summed E-state index contributed by atoms with van der Waals surface area (Å²) in [6.45, 7) is 3.31. The van der Waals surface area contributed by atoms with Gasteiger partial charge in [-0.2, -0.15) is 0 Å². The van der Waals surface area contributed by atoms with Crippen LogP contribution in [0.15, 0.2) is 30.3 Å². The molecule has 1 rings (SSSR count). The lowest BCUT2D eigenvalue weighted by molar-refractivity contribution is -0.146. The number of carbonyl (C=O) groups excluding carboxylic acids is 2. The maximum absolute atomic E-state index is 11.8. The molecular formula is C14H20N2O3. The zero-order valence-corrected chi connectivity index (χ0v) is 11.4. The van der Waals surface area contributed by atoms with E-state index in [1.807, 2.05) is 30.3 Å². The van der Waals surface area contributed by atoms with Crippen molar-refractivity contribution >= 4 is 11.9 Å². The third kappa shape index (κ3) is 4.06. The largest absolute Gasteiger partial charge is 0.469 e. The van der Waals surface area contributed by atoms with Gasteiger partial charge in [-0.3, -0.25) is 9.59 Å². The van der Waals surface area contributed by atoms with Crippen molar-refractivity contribution in [2.45, 2.75) is 25.9 Å². The van der Waals surface area contributed by atoms with Crippen LogP contribution < -0.4 is 11.1 Å². The van der Waals surface area contributed by atoms with E-state index in [9.17, 15) is 9.59 Å². The first kappa shape index (κ1) is 15.2. The Hall–Kier alpha value is -1.88. The molecule has 0 aromatic heterocycles. The minimum absolute atomic E-state index is 0.301. The lowest BCUT2D eigenvalue weighted by atomic mass is 9.94. The highest BCUT2D eigenvalue weighted by Crippen LogP contribution is 2.23. The normalized spacial score (nSPS) is 15.2. The van der Waals surface area contributed by atoms with Gasteiger partial charge >= 0.3 is 5.97 Å². The molecule has 0 heterocycles. The molecule has 5 heteroatoms. The van der Waals surface area contributed by atoms with Gasteiger partial charge in [0.05, 0.1) is 25.1 Å². The number of ether oxygens (including phenoxy) is 1. The Balaban J connectivity index is 2.98. The molecule has 2 unspecified atom stereocenters. The van der Waals surface area contributed by atoms with Crippen molar-refractivity contribution in [2.75, 3.05) is 7.11 Å². The summed E-state index contributed by atoms with van der Waals surface area (Å²) in [5.74, 6) is -1.17. The van der Waals surface area contributed by atoms with Crippen LogP contribution in [-0.2, 0) is 14.3 Å². The van der Waals surface area contributed by atoms with Crippen molar-refractivity contribution in [2.24, 2.45) is 11.7 Å². The SMILES string of the molecule is COC(=O)C(C)C(NC(=O)[C@H](C)N)c1ccccc1. The number of methoxy groups -OCH3 is 1. The topological polar surface area (TPSA) is 81.4 Å². The molecule has 0 saturated heterocycles. The molecule has 0 radical (unpaired) electrons. The minimum Gasteiger partial charge on any atom is -0.469 e. The van der Waals surface area contributed by atoms with Crippen LogP contribution in [0, 0.1) is 5.92 Å². The van der Waals surface area contributed by atoms with E-state index < -0.39 is 18.0 Å². The van der Waals surface area contributed by atoms with E-state index in [0.29, 0.717) is 0 Å². The molecule has 0 aliphatic heterocycles. The lowest BCUT2D eigenvalue weighted by Gasteiger charge is -2.24. The second kappa shape index (κ2) is 6.89. The number of hydrogen-bond acceptors (Lipinski definition) is 4. The first-order chi connectivity index (χ1) is 8.97. The summed E-state index contributed by atoms with van der Waals surface area (Å²) in [7, 11) is 1.33. The van der Waals surface area contributed by atoms with Crippen LogP contribution >= 0.6 is 0 Å². The van der Waals surface area contributed by atoms with E-state index in [2.05, 4.69) is 5.32 Å². The van der Waals surface area contributed by atoms with Crippen LogP contribution in [0.4, 0.5) is 0 Å². The second-order valence-corrected chi connectivity index (χ2v) is 4.50. The fraction of sp³-hybridized carbons (Fsp3) is 0.429. The van der Waals surface area contributed by atoms with Gasteiger partial charge in [-0.05, 0) is 19.4 Å². The summed E-state index contributed by atoms with van der Waals surface area (Å²) in [4.78, 5) is 23.4. The summed E-state index contributed by atoms with van der Waals surface area (Å²) in [6.07, 6.45) is 0. The van der Waals surface area contributed by atoms with E-state index in [1.54, 1.807) is 13.8 Å². The minimum atomic E-state index is -0.629. The monoisotopic (exact) mass is 264 g/mol. The quantitative estimate of drug-likeness (QED) is 0.777. The number of amides is 1. The van der Waals surface area contributed by atoms with Crippen molar-refractivity contribution in [1.29, 1.82) is 0 Å². The molecule has 3 N–H and O–H groups in total. The molecule has 3 atom stereocenters. The molecule has 1 amide bonds. The summed E-state index contributed by atoms with van der Waals surface area (Å²) < 4.78 is 4.74. The van der Waals surface area contributed by atoms with E-state index >= 15 is 0 Å². The standard InChI is InChI=1S/C14H20N2O3/c1-9(14(18)19-3)12(16-13(17)10(2)15)11-7-5-4-6-8-11/h4-10,12H,15H2,1-3H3,(H,16,17)/t9?,10-,12?/m0/s1. The van der Waals surface area contributed by atoms with Crippen LogP contribution in [0.5, 0.6) is 0 Å². The third-order valence-electron chi connectivity index (χ3n) is 2.94. The summed E-state index contributed by atoms with van der Waals surface area (Å²) in [5.41, 5.74) is 6.38. The van der Waals surface area contributed by atoms with Crippen molar-refractivity contribution < 1.29 is 14.3 Å². The molecule has 1 aromatic carbocycles. The Morgan fingerprint density at radius 2 is 1.79 bits per heavy atom. The smallest absolute Gasteiger partial charge is 0.310 e. The van der Waals surface area contributed by atoms with Crippen LogP contribution in [0.1, 0.15) is 25.5 Å². The number of esters is 1. The van der Waals surface area contributed by atoms with Crippen molar-refractivity contribution in [3.63, 3.8) is 0 Å².